The molecule has 25 heavy (non-hydrogen) atoms. The maximum absolute atomic E-state index is 12.9. The van der Waals surface area contributed by atoms with Crippen molar-refractivity contribution in [2.75, 3.05) is 10.8 Å². The van der Waals surface area contributed by atoms with Gasteiger partial charge in [0.25, 0.3) is 10.0 Å². The molecule has 0 amide bonds. The molecule has 134 valence electrons. The lowest BCUT2D eigenvalue weighted by molar-refractivity contribution is -0.137. The zero-order valence-corrected chi connectivity index (χ0v) is 14.8. The molecule has 0 aliphatic carbocycles. The molecule has 0 aliphatic rings. The second-order valence-corrected chi connectivity index (χ2v) is 7.69. The maximum Gasteiger partial charge on any atom is 0.416 e. The van der Waals surface area contributed by atoms with Crippen LogP contribution in [-0.4, -0.2) is 26.0 Å². The molecule has 0 spiro atoms. The van der Waals surface area contributed by atoms with Crippen molar-refractivity contribution in [1.29, 1.82) is 0 Å². The standard InChI is InChI=1S/C15H11BrF3NO4S/c16-11-4-6-13(7-5-11)25(23,24)20(9-14(21)22)12-3-1-2-10(8-12)15(17,18)19/h1-8H,9H2,(H,21,22). The van der Waals surface area contributed by atoms with Crippen molar-refractivity contribution in [3.05, 3.63) is 58.6 Å². The Morgan fingerprint density at radius 2 is 1.72 bits per heavy atom. The highest BCUT2D eigenvalue weighted by Crippen LogP contribution is 2.33. The van der Waals surface area contributed by atoms with E-state index in [1.807, 2.05) is 0 Å². The minimum Gasteiger partial charge on any atom is -0.480 e. The molecule has 2 rings (SSSR count). The topological polar surface area (TPSA) is 74.7 Å². The number of hydrogen-bond acceptors (Lipinski definition) is 3. The van der Waals surface area contributed by atoms with E-state index in [1.165, 1.54) is 24.3 Å². The molecule has 5 nitrogen and oxygen atoms in total. The van der Waals surface area contributed by atoms with Gasteiger partial charge in [-0.1, -0.05) is 22.0 Å². The van der Waals surface area contributed by atoms with E-state index in [1.54, 1.807) is 0 Å². The fourth-order valence-corrected chi connectivity index (χ4v) is 3.68. The van der Waals surface area contributed by atoms with Gasteiger partial charge < -0.3 is 5.11 Å². The van der Waals surface area contributed by atoms with Gasteiger partial charge in [-0.3, -0.25) is 9.10 Å². The van der Waals surface area contributed by atoms with Crippen molar-refractivity contribution in [1.82, 2.24) is 0 Å². The van der Waals surface area contributed by atoms with Crippen molar-refractivity contribution < 1.29 is 31.5 Å². The van der Waals surface area contributed by atoms with E-state index in [4.69, 9.17) is 5.11 Å². The summed E-state index contributed by atoms with van der Waals surface area (Å²) in [5.41, 5.74) is -1.47. The van der Waals surface area contributed by atoms with Gasteiger partial charge in [0.1, 0.15) is 6.54 Å². The number of halogens is 4. The van der Waals surface area contributed by atoms with Crippen molar-refractivity contribution >= 4 is 37.6 Å². The smallest absolute Gasteiger partial charge is 0.416 e. The fraction of sp³-hybridized carbons (Fsp3) is 0.133. The quantitative estimate of drug-likeness (QED) is 0.772. The normalized spacial score (nSPS) is 12.0. The van der Waals surface area contributed by atoms with Crippen molar-refractivity contribution in [3.8, 4) is 0 Å². The first-order valence-electron chi connectivity index (χ1n) is 6.69. The molecule has 0 radical (unpaired) electrons. The van der Waals surface area contributed by atoms with Crippen LogP contribution in [0.2, 0.25) is 0 Å². The van der Waals surface area contributed by atoms with Gasteiger partial charge in [0.05, 0.1) is 16.1 Å². The van der Waals surface area contributed by atoms with Gasteiger partial charge in [0.15, 0.2) is 0 Å². The molecule has 0 aliphatic heterocycles. The van der Waals surface area contributed by atoms with Crippen LogP contribution in [0, 0.1) is 0 Å². The number of carboxylic acid groups (broad SMARTS) is 1. The first kappa shape index (κ1) is 19.3. The summed E-state index contributed by atoms with van der Waals surface area (Å²) in [5.74, 6) is -1.50. The van der Waals surface area contributed by atoms with E-state index < -0.39 is 34.3 Å². The van der Waals surface area contributed by atoms with Crippen LogP contribution in [0.25, 0.3) is 0 Å². The highest BCUT2D eigenvalue weighted by Gasteiger charge is 2.33. The third kappa shape index (κ3) is 4.51. The Hall–Kier alpha value is -2.07. The lowest BCUT2D eigenvalue weighted by atomic mass is 10.2. The summed E-state index contributed by atoms with van der Waals surface area (Å²) in [4.78, 5) is 10.8. The average molecular weight is 438 g/mol. The summed E-state index contributed by atoms with van der Waals surface area (Å²) in [6.07, 6.45) is -4.69. The maximum atomic E-state index is 12.9. The van der Waals surface area contributed by atoms with E-state index in [-0.39, 0.29) is 10.6 Å². The number of alkyl halides is 3. The van der Waals surface area contributed by atoms with Gasteiger partial charge in [-0.15, -0.1) is 0 Å². The van der Waals surface area contributed by atoms with E-state index in [2.05, 4.69) is 15.9 Å². The second kappa shape index (κ2) is 7.04. The van der Waals surface area contributed by atoms with E-state index in [9.17, 15) is 26.4 Å². The fourth-order valence-electron chi connectivity index (χ4n) is 2.01. The summed E-state index contributed by atoms with van der Waals surface area (Å²) in [7, 11) is -4.36. The Morgan fingerprint density at radius 1 is 1.12 bits per heavy atom. The number of benzene rings is 2. The van der Waals surface area contributed by atoms with E-state index in [0.717, 1.165) is 18.2 Å². The molecule has 0 saturated heterocycles. The van der Waals surface area contributed by atoms with Crippen LogP contribution in [0.3, 0.4) is 0 Å². The molecule has 10 heteroatoms. The molecule has 2 aromatic rings. The third-order valence-electron chi connectivity index (χ3n) is 3.14. The number of hydrogen-bond donors (Lipinski definition) is 1. The number of aliphatic carboxylic acids is 1. The monoisotopic (exact) mass is 437 g/mol. The zero-order chi connectivity index (χ0) is 18.8. The van der Waals surface area contributed by atoms with Gasteiger partial charge in [0, 0.05) is 4.47 Å². The Kier molecular flexibility index (Phi) is 5.43. The van der Waals surface area contributed by atoms with Gasteiger partial charge in [-0.25, -0.2) is 8.42 Å². The Bertz CT molecular complexity index is 882. The highest BCUT2D eigenvalue weighted by atomic mass is 79.9. The third-order valence-corrected chi connectivity index (χ3v) is 5.46. The van der Waals surface area contributed by atoms with E-state index >= 15 is 0 Å². The van der Waals surface area contributed by atoms with Crippen LogP contribution in [0.4, 0.5) is 18.9 Å². The van der Waals surface area contributed by atoms with Crippen molar-refractivity contribution in [3.63, 3.8) is 0 Å². The Labute approximate surface area is 149 Å². The predicted molar refractivity (Wildman–Crippen MR) is 87.8 cm³/mol. The first-order chi connectivity index (χ1) is 11.5. The van der Waals surface area contributed by atoms with Gasteiger partial charge >= 0.3 is 12.1 Å². The molecular weight excluding hydrogens is 427 g/mol. The number of rotatable bonds is 5. The van der Waals surface area contributed by atoms with Crippen molar-refractivity contribution in [2.45, 2.75) is 11.1 Å². The number of carboxylic acids is 1. The highest BCUT2D eigenvalue weighted by molar-refractivity contribution is 9.10. The average Bonchev–Trinajstić information content (AvgIpc) is 2.52. The molecule has 0 unspecified atom stereocenters. The lowest BCUT2D eigenvalue weighted by Crippen LogP contribution is -2.35. The Morgan fingerprint density at radius 3 is 2.24 bits per heavy atom. The minimum absolute atomic E-state index is 0.241. The first-order valence-corrected chi connectivity index (χ1v) is 8.92. The summed E-state index contributed by atoms with van der Waals surface area (Å²) in [6, 6.07) is 8.80. The van der Waals surface area contributed by atoms with Crippen LogP contribution in [0.1, 0.15) is 5.56 Å². The van der Waals surface area contributed by atoms with Crippen LogP contribution < -0.4 is 4.31 Å². The van der Waals surface area contributed by atoms with Crippen LogP contribution in [0.5, 0.6) is 0 Å². The largest absolute Gasteiger partial charge is 0.480 e. The Balaban J connectivity index is 2.57. The SMILES string of the molecule is O=C(O)CN(c1cccc(C(F)(F)F)c1)S(=O)(=O)c1ccc(Br)cc1. The molecule has 0 aromatic heterocycles. The van der Waals surface area contributed by atoms with Crippen LogP contribution in [0.15, 0.2) is 57.9 Å². The number of carbonyl (C=O) groups is 1. The summed E-state index contributed by atoms with van der Waals surface area (Å²) < 4.78 is 65.0. The summed E-state index contributed by atoms with van der Waals surface area (Å²) >= 11 is 3.14. The molecule has 2 aromatic carbocycles. The molecule has 0 saturated carbocycles. The van der Waals surface area contributed by atoms with Gasteiger partial charge in [-0.05, 0) is 42.5 Å². The van der Waals surface area contributed by atoms with Crippen LogP contribution >= 0.6 is 15.9 Å². The molecular formula is C15H11BrF3NO4S. The lowest BCUT2D eigenvalue weighted by Gasteiger charge is -2.23. The second-order valence-electron chi connectivity index (χ2n) is 4.91. The van der Waals surface area contributed by atoms with Crippen molar-refractivity contribution in [2.24, 2.45) is 0 Å². The predicted octanol–water partition coefficient (Wildman–Crippen LogP) is 3.75. The number of sulfonamides is 1. The molecule has 0 atom stereocenters. The molecule has 0 bridgehead atoms. The zero-order valence-electron chi connectivity index (χ0n) is 12.4. The van der Waals surface area contributed by atoms with Crippen LogP contribution in [-0.2, 0) is 21.0 Å². The summed E-state index contributed by atoms with van der Waals surface area (Å²) in [5, 5.41) is 8.99. The molecule has 1 N–H and O–H groups in total. The number of nitrogens with zero attached hydrogens (tertiary/aromatic N) is 1. The molecule has 0 heterocycles. The summed E-state index contributed by atoms with van der Waals surface area (Å²) in [6.45, 7) is -1.01. The number of anilines is 1. The van der Waals surface area contributed by atoms with Gasteiger partial charge in [0.2, 0.25) is 0 Å². The van der Waals surface area contributed by atoms with E-state index in [0.29, 0.717) is 14.8 Å². The molecule has 0 fully saturated rings. The van der Waals surface area contributed by atoms with Gasteiger partial charge in [-0.2, -0.15) is 13.2 Å². The minimum atomic E-state index is -4.69.